The van der Waals surface area contributed by atoms with Crippen molar-refractivity contribution in [2.24, 2.45) is 0 Å². The monoisotopic (exact) mass is 288 g/mol. The fourth-order valence-corrected chi connectivity index (χ4v) is 3.98. The van der Waals surface area contributed by atoms with E-state index in [1.165, 1.54) is 21.9 Å². The number of sulfonamides is 1. The van der Waals surface area contributed by atoms with Crippen molar-refractivity contribution < 1.29 is 13.2 Å². The molecule has 0 radical (unpaired) electrons. The van der Waals surface area contributed by atoms with E-state index in [1.807, 2.05) is 13.8 Å². The molecule has 2 heterocycles. The average molecular weight is 288 g/mol. The molecule has 0 aromatic carbocycles. The first-order chi connectivity index (χ1) is 8.29. The fourth-order valence-electron chi connectivity index (χ4n) is 1.92. The van der Waals surface area contributed by atoms with Gasteiger partial charge in [0.05, 0.1) is 16.8 Å². The highest BCUT2D eigenvalue weighted by Gasteiger charge is 2.29. The Labute approximate surface area is 111 Å². The van der Waals surface area contributed by atoms with Crippen LogP contribution in [0.4, 0.5) is 5.69 Å². The van der Waals surface area contributed by atoms with E-state index in [-0.39, 0.29) is 11.9 Å². The van der Waals surface area contributed by atoms with Crippen LogP contribution in [0.5, 0.6) is 0 Å². The molecular formula is C11H16N2O3S2. The molecule has 0 fully saturated rings. The summed E-state index contributed by atoms with van der Waals surface area (Å²) in [5.41, 5.74) is 0.663. The van der Waals surface area contributed by atoms with E-state index < -0.39 is 10.0 Å². The molecule has 0 bridgehead atoms. The van der Waals surface area contributed by atoms with Gasteiger partial charge < -0.3 is 5.32 Å². The van der Waals surface area contributed by atoms with Gasteiger partial charge in [0, 0.05) is 23.9 Å². The fraction of sp³-hybridized carbons (Fsp3) is 0.545. The minimum Gasteiger partial charge on any atom is -0.349 e. The van der Waals surface area contributed by atoms with Crippen LogP contribution in [0.2, 0.25) is 0 Å². The Bertz CT molecular complexity index is 575. The Balaban J connectivity index is 2.28. The van der Waals surface area contributed by atoms with Gasteiger partial charge in [-0.3, -0.25) is 9.10 Å². The Morgan fingerprint density at radius 3 is 2.72 bits per heavy atom. The molecule has 7 heteroatoms. The second kappa shape index (κ2) is 4.55. The van der Waals surface area contributed by atoms with Gasteiger partial charge in [0.2, 0.25) is 10.0 Å². The number of thiophene rings is 1. The molecule has 1 aromatic heterocycles. The molecule has 0 saturated carbocycles. The maximum atomic E-state index is 11.8. The summed E-state index contributed by atoms with van der Waals surface area (Å²) in [4.78, 5) is 13.4. The number of amides is 1. The van der Waals surface area contributed by atoms with Crippen molar-refractivity contribution in [1.29, 1.82) is 0 Å². The molecule has 100 valence electrons. The van der Waals surface area contributed by atoms with Crippen LogP contribution in [0, 0.1) is 0 Å². The van der Waals surface area contributed by atoms with Crippen molar-refractivity contribution in [3.63, 3.8) is 0 Å². The van der Waals surface area contributed by atoms with Gasteiger partial charge in [0.25, 0.3) is 5.91 Å². The molecule has 1 amide bonds. The maximum Gasteiger partial charge on any atom is 0.261 e. The number of hydrogen-bond donors (Lipinski definition) is 1. The molecule has 5 nitrogen and oxygen atoms in total. The summed E-state index contributed by atoms with van der Waals surface area (Å²) in [6, 6.07) is 1.74. The standard InChI is InChI=1S/C11H16N2O3S2/c1-7(2)12-11(14)10-6-8-9(17-10)4-5-13(8)18(3,15)16/h6-7H,4-5H2,1-3H3,(H,12,14). The molecule has 18 heavy (non-hydrogen) atoms. The number of nitrogens with zero attached hydrogens (tertiary/aromatic N) is 1. The summed E-state index contributed by atoms with van der Waals surface area (Å²) >= 11 is 1.37. The van der Waals surface area contributed by atoms with Gasteiger partial charge in [-0.1, -0.05) is 0 Å². The van der Waals surface area contributed by atoms with Crippen molar-refractivity contribution in [1.82, 2.24) is 5.32 Å². The number of carbonyl (C=O) groups excluding carboxylic acids is 1. The predicted molar refractivity (Wildman–Crippen MR) is 72.8 cm³/mol. The lowest BCUT2D eigenvalue weighted by molar-refractivity contribution is 0.0947. The van der Waals surface area contributed by atoms with Gasteiger partial charge in [-0.05, 0) is 19.9 Å². The molecular weight excluding hydrogens is 272 g/mol. The normalized spacial score (nSPS) is 15.0. The number of rotatable bonds is 3. The Morgan fingerprint density at radius 1 is 1.50 bits per heavy atom. The summed E-state index contributed by atoms with van der Waals surface area (Å²) in [5, 5.41) is 2.80. The van der Waals surface area contributed by atoms with E-state index in [1.54, 1.807) is 6.07 Å². The Morgan fingerprint density at radius 2 is 2.17 bits per heavy atom. The third kappa shape index (κ3) is 2.51. The summed E-state index contributed by atoms with van der Waals surface area (Å²) in [6.07, 6.45) is 1.87. The van der Waals surface area contributed by atoms with Crippen molar-refractivity contribution in [2.45, 2.75) is 26.3 Å². The zero-order chi connectivity index (χ0) is 13.5. The highest BCUT2D eigenvalue weighted by molar-refractivity contribution is 7.92. The molecule has 1 N–H and O–H groups in total. The summed E-state index contributed by atoms with van der Waals surface area (Å²) in [7, 11) is -3.24. The van der Waals surface area contributed by atoms with E-state index >= 15 is 0 Å². The van der Waals surface area contributed by atoms with Crippen LogP contribution in [-0.4, -0.2) is 33.2 Å². The van der Waals surface area contributed by atoms with Crippen molar-refractivity contribution in [3.8, 4) is 0 Å². The molecule has 0 atom stereocenters. The second-order valence-electron chi connectivity index (χ2n) is 4.63. The summed E-state index contributed by atoms with van der Waals surface area (Å²) in [6.45, 7) is 4.26. The lowest BCUT2D eigenvalue weighted by atomic mass is 10.3. The largest absolute Gasteiger partial charge is 0.349 e. The van der Waals surface area contributed by atoms with Gasteiger partial charge >= 0.3 is 0 Å². The third-order valence-corrected chi connectivity index (χ3v) is 5.00. The van der Waals surface area contributed by atoms with E-state index in [4.69, 9.17) is 0 Å². The number of anilines is 1. The van der Waals surface area contributed by atoms with Crippen molar-refractivity contribution in [3.05, 3.63) is 15.8 Å². The number of fused-ring (bicyclic) bond motifs is 1. The van der Waals surface area contributed by atoms with E-state index in [2.05, 4.69) is 5.32 Å². The Kier molecular flexibility index (Phi) is 3.37. The topological polar surface area (TPSA) is 66.5 Å². The van der Waals surface area contributed by atoms with Crippen LogP contribution in [0.15, 0.2) is 6.07 Å². The van der Waals surface area contributed by atoms with Gasteiger partial charge in [0.1, 0.15) is 0 Å². The lowest BCUT2D eigenvalue weighted by Crippen LogP contribution is -2.30. The maximum absolute atomic E-state index is 11.8. The second-order valence-corrected chi connectivity index (χ2v) is 7.68. The third-order valence-electron chi connectivity index (χ3n) is 2.64. The average Bonchev–Trinajstić information content (AvgIpc) is 2.71. The highest BCUT2D eigenvalue weighted by Crippen LogP contribution is 2.37. The summed E-state index contributed by atoms with van der Waals surface area (Å²) < 4.78 is 24.5. The molecule has 2 rings (SSSR count). The van der Waals surface area contributed by atoms with Gasteiger partial charge in [-0.2, -0.15) is 0 Å². The number of nitrogens with one attached hydrogen (secondary N) is 1. The number of hydrogen-bond acceptors (Lipinski definition) is 4. The van der Waals surface area contributed by atoms with Crippen LogP contribution in [-0.2, 0) is 16.4 Å². The molecule has 0 saturated heterocycles. The molecule has 1 aliphatic rings. The van der Waals surface area contributed by atoms with Gasteiger partial charge in [-0.15, -0.1) is 11.3 Å². The van der Waals surface area contributed by atoms with Crippen LogP contribution >= 0.6 is 11.3 Å². The first-order valence-electron chi connectivity index (χ1n) is 5.70. The summed E-state index contributed by atoms with van der Waals surface area (Å²) in [5.74, 6) is -0.141. The van der Waals surface area contributed by atoms with Crippen LogP contribution in [0.25, 0.3) is 0 Å². The smallest absolute Gasteiger partial charge is 0.261 e. The molecule has 0 spiro atoms. The molecule has 1 aliphatic heterocycles. The van der Waals surface area contributed by atoms with Gasteiger partial charge in [-0.25, -0.2) is 8.42 Å². The predicted octanol–water partition coefficient (Wildman–Crippen LogP) is 1.21. The van der Waals surface area contributed by atoms with Gasteiger partial charge in [0.15, 0.2) is 0 Å². The van der Waals surface area contributed by atoms with E-state index in [9.17, 15) is 13.2 Å². The molecule has 1 aromatic rings. The van der Waals surface area contributed by atoms with Crippen LogP contribution in [0.1, 0.15) is 28.4 Å². The number of carbonyl (C=O) groups is 1. The minimum atomic E-state index is -3.24. The van der Waals surface area contributed by atoms with Crippen LogP contribution < -0.4 is 9.62 Å². The molecule has 0 unspecified atom stereocenters. The quantitative estimate of drug-likeness (QED) is 0.909. The van der Waals surface area contributed by atoms with Crippen molar-refractivity contribution >= 4 is 33.0 Å². The lowest BCUT2D eigenvalue weighted by Gasteiger charge is -2.14. The van der Waals surface area contributed by atoms with E-state index in [0.717, 1.165) is 4.88 Å². The minimum absolute atomic E-state index is 0.0699. The van der Waals surface area contributed by atoms with Crippen molar-refractivity contribution in [2.75, 3.05) is 17.1 Å². The van der Waals surface area contributed by atoms with E-state index in [0.29, 0.717) is 23.5 Å². The molecule has 0 aliphatic carbocycles. The van der Waals surface area contributed by atoms with Crippen LogP contribution in [0.3, 0.4) is 0 Å². The zero-order valence-electron chi connectivity index (χ0n) is 10.6. The first-order valence-corrected chi connectivity index (χ1v) is 8.37. The SMILES string of the molecule is CC(C)NC(=O)c1cc2c(s1)CCN2S(C)(=O)=O. The zero-order valence-corrected chi connectivity index (χ0v) is 12.2. The first kappa shape index (κ1) is 13.4. The highest BCUT2D eigenvalue weighted by atomic mass is 32.2. The Hall–Kier alpha value is -1.08.